The third kappa shape index (κ3) is 14.7. The van der Waals surface area contributed by atoms with Crippen molar-refractivity contribution in [2.45, 2.75) is 62.3 Å². The van der Waals surface area contributed by atoms with Gasteiger partial charge in [-0.25, -0.2) is 0 Å². The van der Waals surface area contributed by atoms with Gasteiger partial charge in [0.2, 0.25) is 0 Å². The van der Waals surface area contributed by atoms with E-state index in [0.717, 1.165) is 96.7 Å². The van der Waals surface area contributed by atoms with Crippen molar-refractivity contribution in [1.29, 1.82) is 0 Å². The molecular weight excluding hydrogens is 1140 g/mol. The molecule has 0 amide bonds. The minimum absolute atomic E-state index is 1.09. The number of hydrogen-bond acceptors (Lipinski definition) is 6. The molecular formula is C88H82N6. The predicted octanol–water partition coefficient (Wildman–Crippen LogP) is 25.3. The molecule has 0 radical (unpaired) electrons. The highest BCUT2D eigenvalue weighted by molar-refractivity contribution is 5.85. The fourth-order valence-electron chi connectivity index (χ4n) is 11.8. The molecule has 6 heteroatoms. The topological polar surface area (TPSA) is 19.4 Å². The number of anilines is 17. The summed E-state index contributed by atoms with van der Waals surface area (Å²) < 4.78 is 0. The maximum absolute atomic E-state index is 2.33. The van der Waals surface area contributed by atoms with Gasteiger partial charge < -0.3 is 29.4 Å². The molecule has 0 unspecified atom stereocenters. The van der Waals surface area contributed by atoms with Crippen molar-refractivity contribution in [3.05, 3.63) is 366 Å². The van der Waals surface area contributed by atoms with Crippen LogP contribution in [0.15, 0.2) is 315 Å². The Bertz CT molecular complexity index is 4090. The van der Waals surface area contributed by atoms with Crippen molar-refractivity contribution < 1.29 is 0 Å². The smallest absolute Gasteiger partial charge is 0.0463 e. The molecule has 0 aliphatic heterocycles. The Hall–Kier alpha value is -11.3. The van der Waals surface area contributed by atoms with Crippen LogP contribution < -0.4 is 29.4 Å². The second-order valence-electron chi connectivity index (χ2n) is 24.8. The lowest BCUT2D eigenvalue weighted by atomic mass is 10.1. The average molecular weight is 1220 g/mol. The van der Waals surface area contributed by atoms with E-state index in [4.69, 9.17) is 0 Å². The van der Waals surface area contributed by atoms with Crippen molar-refractivity contribution in [2.24, 2.45) is 0 Å². The van der Waals surface area contributed by atoms with Crippen molar-refractivity contribution in [3.63, 3.8) is 0 Å². The summed E-state index contributed by atoms with van der Waals surface area (Å²) in [5.41, 5.74) is 30.3. The van der Waals surface area contributed by atoms with Crippen LogP contribution in [0, 0.1) is 62.3 Å². The zero-order valence-electron chi connectivity index (χ0n) is 55.7. The third-order valence-corrected chi connectivity index (χ3v) is 17.4. The molecule has 0 N–H and O–H groups in total. The largest absolute Gasteiger partial charge is 0.345 e. The number of rotatable bonds is 17. The number of benzene rings is 13. The molecule has 0 fully saturated rings. The van der Waals surface area contributed by atoms with Gasteiger partial charge in [-0.3, -0.25) is 0 Å². The van der Waals surface area contributed by atoms with Crippen LogP contribution in [0.5, 0.6) is 0 Å². The van der Waals surface area contributed by atoms with Gasteiger partial charge in [0.25, 0.3) is 0 Å². The zero-order chi connectivity index (χ0) is 65.2. The molecule has 0 aromatic heterocycles. The number of hydrogen-bond donors (Lipinski definition) is 0. The van der Waals surface area contributed by atoms with Gasteiger partial charge in [0.05, 0.1) is 0 Å². The minimum Gasteiger partial charge on any atom is -0.345 e. The quantitative estimate of drug-likeness (QED) is 0.0899. The summed E-state index contributed by atoms with van der Waals surface area (Å²) in [6.07, 6.45) is 0. The maximum atomic E-state index is 2.33. The van der Waals surface area contributed by atoms with Crippen LogP contribution in [0.2, 0.25) is 0 Å². The van der Waals surface area contributed by atoms with E-state index < -0.39 is 0 Å². The highest BCUT2D eigenvalue weighted by atomic mass is 15.2. The fraction of sp³-hybridized carbons (Fsp3) is 0.114. The molecule has 0 spiro atoms. The van der Waals surface area contributed by atoms with Gasteiger partial charge in [-0.2, -0.15) is 0 Å². The lowest BCUT2D eigenvalue weighted by Crippen LogP contribution is -2.13. The molecule has 13 aromatic carbocycles. The lowest BCUT2D eigenvalue weighted by molar-refractivity contribution is 1.19. The monoisotopic (exact) mass is 1220 g/mol. The van der Waals surface area contributed by atoms with E-state index in [9.17, 15) is 0 Å². The minimum atomic E-state index is 1.09. The Balaban J connectivity index is 0.000000182. The SMILES string of the molecule is Cc1ccc(N(c2ccc(C)cc2)c2ccc(N(C)c3ccc(N(c4ccc(C)cc4)c4ccc(C)cc4)cc3)cc2)cc1.Cc1ccc(N(c2ccc(C)cc2)c2ccc(N(c3ccc(C)cc3)c3ccc(N(c4ccc(C)cc4)c4ccc(C)cc4)cc3)cc2)cc1. The first-order valence-corrected chi connectivity index (χ1v) is 32.4. The predicted molar refractivity (Wildman–Crippen MR) is 403 cm³/mol. The van der Waals surface area contributed by atoms with Gasteiger partial charge in [-0.05, 0) is 269 Å². The van der Waals surface area contributed by atoms with E-state index in [0.29, 0.717) is 0 Å². The summed E-state index contributed by atoms with van der Waals surface area (Å²) in [4.78, 5) is 13.8. The molecule has 13 aromatic rings. The molecule has 0 saturated carbocycles. The van der Waals surface area contributed by atoms with Gasteiger partial charge in [0.15, 0.2) is 0 Å². The van der Waals surface area contributed by atoms with E-state index in [1.54, 1.807) is 0 Å². The first-order valence-electron chi connectivity index (χ1n) is 32.4. The molecule has 6 nitrogen and oxygen atoms in total. The van der Waals surface area contributed by atoms with Crippen LogP contribution in [0.25, 0.3) is 0 Å². The van der Waals surface area contributed by atoms with E-state index in [1.807, 2.05) is 0 Å². The molecule has 0 aliphatic carbocycles. The highest BCUT2D eigenvalue weighted by Crippen LogP contribution is 2.43. The molecule has 94 heavy (non-hydrogen) atoms. The fourth-order valence-corrected chi connectivity index (χ4v) is 11.8. The number of aryl methyl sites for hydroxylation is 9. The number of nitrogens with zero attached hydrogens (tertiary/aromatic N) is 6. The van der Waals surface area contributed by atoms with Crippen LogP contribution >= 0.6 is 0 Å². The maximum Gasteiger partial charge on any atom is 0.0463 e. The van der Waals surface area contributed by atoms with Crippen LogP contribution in [0.1, 0.15) is 50.1 Å². The Morgan fingerprint density at radius 1 is 0.117 bits per heavy atom. The van der Waals surface area contributed by atoms with Crippen molar-refractivity contribution >= 4 is 96.7 Å². The summed E-state index contributed by atoms with van der Waals surface area (Å²) in [5, 5.41) is 0. The van der Waals surface area contributed by atoms with Gasteiger partial charge >= 0.3 is 0 Å². The highest BCUT2D eigenvalue weighted by Gasteiger charge is 2.20. The molecule has 0 saturated heterocycles. The second-order valence-corrected chi connectivity index (χ2v) is 24.8. The Labute approximate surface area is 557 Å². The normalized spacial score (nSPS) is 10.9. The molecule has 0 heterocycles. The summed E-state index contributed by atoms with van der Waals surface area (Å²) in [5.74, 6) is 0. The van der Waals surface area contributed by atoms with Crippen LogP contribution in [0.3, 0.4) is 0 Å². The Morgan fingerprint density at radius 2 is 0.191 bits per heavy atom. The van der Waals surface area contributed by atoms with Gasteiger partial charge in [-0.1, -0.05) is 159 Å². The molecule has 0 atom stereocenters. The molecule has 464 valence electrons. The summed E-state index contributed by atoms with van der Waals surface area (Å²) in [7, 11) is 2.12. The lowest BCUT2D eigenvalue weighted by Gasteiger charge is -2.29. The standard InChI is InChI=1S/C47H43N3.C41H39N3/c1-34-6-16-39(17-7-34)48(40-18-8-35(2)9-19-40)44-26-30-46(31-27-44)50(43-24-14-38(5)15-25-43)47-32-28-45(29-33-47)49(41-20-10-36(3)11-21-41)42-22-12-37(4)13-23-42;1-30-6-14-36(15-7-30)43(37-16-8-31(2)9-17-37)40-26-22-34(23-27-40)42(5)35-24-28-41(29-25-35)44(38-18-10-32(3)11-19-38)39-20-12-33(4)13-21-39/h6-33H,1-5H3;6-29H,1-5H3. The van der Waals surface area contributed by atoms with Gasteiger partial charge in [0, 0.05) is 104 Å². The first kappa shape index (κ1) is 62.8. The van der Waals surface area contributed by atoms with Gasteiger partial charge in [-0.15, -0.1) is 0 Å². The van der Waals surface area contributed by atoms with E-state index in [2.05, 4.69) is 414 Å². The van der Waals surface area contributed by atoms with Crippen LogP contribution in [-0.4, -0.2) is 7.05 Å². The molecule has 0 aliphatic rings. The first-order chi connectivity index (χ1) is 45.7. The van der Waals surface area contributed by atoms with Crippen LogP contribution in [0.4, 0.5) is 96.7 Å². The molecule has 13 rings (SSSR count). The van der Waals surface area contributed by atoms with Crippen molar-refractivity contribution in [3.8, 4) is 0 Å². The zero-order valence-corrected chi connectivity index (χ0v) is 55.7. The molecule has 0 bridgehead atoms. The third-order valence-electron chi connectivity index (χ3n) is 17.4. The summed E-state index contributed by atoms with van der Waals surface area (Å²) in [6.45, 7) is 19.1. The Morgan fingerprint density at radius 3 is 0.287 bits per heavy atom. The van der Waals surface area contributed by atoms with E-state index >= 15 is 0 Å². The Kier molecular flexibility index (Phi) is 19.0. The van der Waals surface area contributed by atoms with Crippen molar-refractivity contribution in [1.82, 2.24) is 0 Å². The summed E-state index contributed by atoms with van der Waals surface area (Å²) in [6, 6.07) is 114. The average Bonchev–Trinajstić information content (AvgIpc) is 0.822. The van der Waals surface area contributed by atoms with E-state index in [-0.39, 0.29) is 0 Å². The summed E-state index contributed by atoms with van der Waals surface area (Å²) >= 11 is 0. The van der Waals surface area contributed by atoms with Crippen molar-refractivity contribution in [2.75, 3.05) is 36.4 Å². The van der Waals surface area contributed by atoms with Crippen LogP contribution in [-0.2, 0) is 0 Å². The second kappa shape index (κ2) is 28.4. The van der Waals surface area contributed by atoms with E-state index in [1.165, 1.54) is 50.1 Å². The van der Waals surface area contributed by atoms with Gasteiger partial charge in [0.1, 0.15) is 0 Å².